The van der Waals surface area contributed by atoms with Crippen molar-refractivity contribution < 1.29 is 26.8 Å². The quantitative estimate of drug-likeness (QED) is 0.426. The molecular weight excluding hydrogens is 530 g/mol. The maximum atomic E-state index is 13.8. The highest BCUT2D eigenvalue weighted by atomic mass is 32.2. The summed E-state index contributed by atoms with van der Waals surface area (Å²) in [6, 6.07) is 8.40. The molecule has 206 valence electrons. The van der Waals surface area contributed by atoms with Gasteiger partial charge in [0.2, 0.25) is 15.9 Å². The number of halogens is 2. The first-order chi connectivity index (χ1) is 18.4. The van der Waals surface area contributed by atoms with Crippen LogP contribution in [0, 0.1) is 11.6 Å². The second-order valence-corrected chi connectivity index (χ2v) is 12.1. The lowest BCUT2D eigenvalue weighted by molar-refractivity contribution is -0.119. The van der Waals surface area contributed by atoms with Crippen LogP contribution in [0.2, 0.25) is 0 Å². The molecule has 2 aliphatic heterocycles. The van der Waals surface area contributed by atoms with E-state index in [-0.39, 0.29) is 29.9 Å². The van der Waals surface area contributed by atoms with Crippen LogP contribution in [-0.4, -0.2) is 59.3 Å². The van der Waals surface area contributed by atoms with Gasteiger partial charge in [-0.3, -0.25) is 19.6 Å². The number of nitrogens with one attached hydrogen (secondary N) is 3. The van der Waals surface area contributed by atoms with Crippen molar-refractivity contribution in [1.82, 2.24) is 19.4 Å². The number of amides is 2. The van der Waals surface area contributed by atoms with Gasteiger partial charge in [0.25, 0.3) is 5.91 Å². The van der Waals surface area contributed by atoms with Crippen molar-refractivity contribution >= 4 is 33.3 Å². The molecule has 10 nitrogen and oxygen atoms in total. The normalized spacial score (nSPS) is 19.2. The Kier molecular flexibility index (Phi) is 6.77. The van der Waals surface area contributed by atoms with E-state index >= 15 is 0 Å². The van der Waals surface area contributed by atoms with Crippen molar-refractivity contribution in [2.75, 3.05) is 24.2 Å². The molecule has 5 rings (SSSR count). The zero-order valence-electron chi connectivity index (χ0n) is 21.6. The third-order valence-corrected chi connectivity index (χ3v) is 9.31. The Labute approximate surface area is 224 Å². The van der Waals surface area contributed by atoms with Gasteiger partial charge >= 0.3 is 0 Å². The number of nitrogens with zero attached hydrogens (tertiary/aromatic N) is 3. The molecule has 0 aliphatic carbocycles. The van der Waals surface area contributed by atoms with E-state index in [0.29, 0.717) is 23.0 Å². The van der Waals surface area contributed by atoms with Gasteiger partial charge in [0.1, 0.15) is 11.6 Å². The summed E-state index contributed by atoms with van der Waals surface area (Å²) in [6.07, 6.45) is 1.64. The molecule has 0 radical (unpaired) electrons. The van der Waals surface area contributed by atoms with Gasteiger partial charge in [0, 0.05) is 18.2 Å². The molecule has 1 atom stereocenters. The highest BCUT2D eigenvalue weighted by Crippen LogP contribution is 2.44. The van der Waals surface area contributed by atoms with E-state index < -0.39 is 38.0 Å². The predicted octanol–water partition coefficient (Wildman–Crippen LogP) is 3.41. The van der Waals surface area contributed by atoms with Crippen molar-refractivity contribution in [3.63, 3.8) is 0 Å². The molecule has 0 bridgehead atoms. The van der Waals surface area contributed by atoms with Crippen LogP contribution in [0.25, 0.3) is 0 Å². The Hall–Kier alpha value is -3.68. The Balaban J connectivity index is 1.39. The Morgan fingerprint density at radius 1 is 1.10 bits per heavy atom. The van der Waals surface area contributed by atoms with Gasteiger partial charge in [0.05, 0.1) is 33.4 Å². The SMILES string of the molecule is CN1CCCC1C(=O)Nc1ccccc1C(=O)Nc1n[nH]c2c1CN(S(=O)(=O)c1cc(F)cc(F)c1)C2(C)C. The van der Waals surface area contributed by atoms with Gasteiger partial charge in [-0.25, -0.2) is 17.2 Å². The number of carbonyl (C=O) groups excluding carboxylic acids is 2. The maximum absolute atomic E-state index is 13.8. The Bertz CT molecular complexity index is 1550. The monoisotopic (exact) mass is 558 g/mol. The maximum Gasteiger partial charge on any atom is 0.258 e. The van der Waals surface area contributed by atoms with Gasteiger partial charge in [-0.2, -0.15) is 9.40 Å². The van der Waals surface area contributed by atoms with E-state index in [9.17, 15) is 26.8 Å². The lowest BCUT2D eigenvalue weighted by atomic mass is 10.0. The third-order valence-electron chi connectivity index (χ3n) is 7.31. The fourth-order valence-corrected chi connectivity index (χ4v) is 6.98. The molecule has 3 heterocycles. The number of anilines is 2. The fraction of sp³-hybridized carbons (Fsp3) is 0.346. The fourth-order valence-electron chi connectivity index (χ4n) is 5.21. The molecule has 2 aliphatic rings. The number of para-hydroxylation sites is 1. The molecule has 2 aromatic carbocycles. The number of hydrogen-bond acceptors (Lipinski definition) is 6. The minimum absolute atomic E-state index is 0.114. The van der Waals surface area contributed by atoms with E-state index in [1.807, 2.05) is 11.9 Å². The number of likely N-dealkylation sites (N-methyl/N-ethyl adjacent to an activating group) is 1. The molecule has 1 fully saturated rings. The number of hydrogen-bond donors (Lipinski definition) is 3. The van der Waals surface area contributed by atoms with Crippen LogP contribution >= 0.6 is 0 Å². The highest BCUT2D eigenvalue weighted by molar-refractivity contribution is 7.89. The summed E-state index contributed by atoms with van der Waals surface area (Å²) in [5.41, 5.74) is 0.240. The molecule has 0 spiro atoms. The van der Waals surface area contributed by atoms with E-state index in [1.165, 1.54) is 0 Å². The Morgan fingerprint density at radius 2 is 1.79 bits per heavy atom. The first kappa shape index (κ1) is 26.9. The van der Waals surface area contributed by atoms with Crippen LogP contribution in [0.5, 0.6) is 0 Å². The van der Waals surface area contributed by atoms with Crippen LogP contribution in [0.3, 0.4) is 0 Å². The molecule has 1 saturated heterocycles. The molecule has 3 aromatic rings. The topological polar surface area (TPSA) is 128 Å². The minimum atomic E-state index is -4.32. The van der Waals surface area contributed by atoms with Gasteiger partial charge in [-0.1, -0.05) is 12.1 Å². The molecule has 1 aromatic heterocycles. The zero-order valence-corrected chi connectivity index (χ0v) is 22.4. The van der Waals surface area contributed by atoms with E-state index in [1.54, 1.807) is 38.1 Å². The molecule has 0 saturated carbocycles. The van der Waals surface area contributed by atoms with E-state index in [4.69, 9.17) is 0 Å². The van der Waals surface area contributed by atoms with Gasteiger partial charge in [-0.15, -0.1) is 0 Å². The lowest BCUT2D eigenvalue weighted by Crippen LogP contribution is -2.40. The van der Waals surface area contributed by atoms with Crippen LogP contribution < -0.4 is 10.6 Å². The molecule has 3 N–H and O–H groups in total. The first-order valence-electron chi connectivity index (χ1n) is 12.4. The number of rotatable bonds is 6. The summed E-state index contributed by atoms with van der Waals surface area (Å²) < 4.78 is 55.5. The average Bonchev–Trinajstić information content (AvgIpc) is 3.54. The highest BCUT2D eigenvalue weighted by Gasteiger charge is 2.48. The Morgan fingerprint density at radius 3 is 2.46 bits per heavy atom. The molecule has 13 heteroatoms. The molecule has 1 unspecified atom stereocenters. The second kappa shape index (κ2) is 9.81. The molecular formula is C26H28F2N6O4S. The van der Waals surface area contributed by atoms with E-state index in [0.717, 1.165) is 35.8 Å². The largest absolute Gasteiger partial charge is 0.324 e. The number of sulfonamides is 1. The number of aromatic amines is 1. The van der Waals surface area contributed by atoms with Crippen LogP contribution in [0.1, 0.15) is 48.3 Å². The first-order valence-corrected chi connectivity index (χ1v) is 13.8. The molecule has 39 heavy (non-hydrogen) atoms. The van der Waals surface area contributed by atoms with Crippen molar-refractivity contribution in [2.24, 2.45) is 0 Å². The van der Waals surface area contributed by atoms with Crippen LogP contribution in [0.4, 0.5) is 20.3 Å². The average molecular weight is 559 g/mol. The van der Waals surface area contributed by atoms with Crippen molar-refractivity contribution in [2.45, 2.75) is 49.7 Å². The summed E-state index contributed by atoms with van der Waals surface area (Å²) in [4.78, 5) is 27.6. The van der Waals surface area contributed by atoms with Gasteiger partial charge < -0.3 is 10.6 Å². The number of H-pyrrole nitrogens is 1. The summed E-state index contributed by atoms with van der Waals surface area (Å²) >= 11 is 0. The van der Waals surface area contributed by atoms with Crippen molar-refractivity contribution in [3.05, 3.63) is 70.9 Å². The minimum Gasteiger partial charge on any atom is -0.324 e. The number of aromatic nitrogens is 2. The smallest absolute Gasteiger partial charge is 0.258 e. The van der Waals surface area contributed by atoms with Gasteiger partial charge in [0.15, 0.2) is 5.82 Å². The zero-order chi connectivity index (χ0) is 28.1. The van der Waals surface area contributed by atoms with Crippen molar-refractivity contribution in [1.29, 1.82) is 0 Å². The molecule has 2 amide bonds. The van der Waals surface area contributed by atoms with E-state index in [2.05, 4.69) is 20.8 Å². The summed E-state index contributed by atoms with van der Waals surface area (Å²) in [7, 11) is -2.44. The van der Waals surface area contributed by atoms with Crippen molar-refractivity contribution in [3.8, 4) is 0 Å². The third kappa shape index (κ3) is 4.81. The predicted molar refractivity (Wildman–Crippen MR) is 139 cm³/mol. The number of benzene rings is 2. The summed E-state index contributed by atoms with van der Waals surface area (Å²) in [6.45, 7) is 3.88. The standard InChI is InChI=1S/C26H28F2N6O4S/c1-26(2)22-19(14-34(26)39(37,38)17-12-15(27)11-16(28)13-17)23(32-31-22)30-24(35)18-7-4-5-8-20(18)29-25(36)21-9-6-10-33(21)3/h4-5,7-8,11-13,21H,6,9-10,14H2,1-3H3,(H,29,36)(H2,30,31,32,35). The number of likely N-dealkylation sites (tertiary alicyclic amines) is 1. The number of carbonyl (C=O) groups is 2. The lowest BCUT2D eigenvalue weighted by Gasteiger charge is -2.30. The summed E-state index contributed by atoms with van der Waals surface area (Å²) in [5, 5.41) is 12.6. The van der Waals surface area contributed by atoms with Crippen LogP contribution in [-0.2, 0) is 26.9 Å². The summed E-state index contributed by atoms with van der Waals surface area (Å²) in [5.74, 6) is -2.66. The second-order valence-electron chi connectivity index (χ2n) is 10.2. The van der Waals surface area contributed by atoms with Gasteiger partial charge in [-0.05, 0) is 64.5 Å². The van der Waals surface area contributed by atoms with Crippen LogP contribution in [0.15, 0.2) is 47.4 Å². The number of fused-ring (bicyclic) bond motifs is 1.